The molecular weight excluding hydrogens is 434 g/mol. The number of rotatable bonds is 8. The summed E-state index contributed by atoms with van der Waals surface area (Å²) in [5, 5.41) is 2.73. The summed E-state index contributed by atoms with van der Waals surface area (Å²) in [7, 11) is -3.70. The minimum absolute atomic E-state index is 0.00871. The lowest BCUT2D eigenvalue weighted by Gasteiger charge is -2.19. The summed E-state index contributed by atoms with van der Waals surface area (Å²) in [6.07, 6.45) is 1.22. The number of pyridine rings is 1. The lowest BCUT2D eigenvalue weighted by atomic mass is 10.2. The van der Waals surface area contributed by atoms with Gasteiger partial charge in [0.25, 0.3) is 5.56 Å². The van der Waals surface area contributed by atoms with E-state index < -0.39 is 15.6 Å². The first-order chi connectivity index (χ1) is 12.8. The Balaban J connectivity index is 2.14. The van der Waals surface area contributed by atoms with Gasteiger partial charge >= 0.3 is 0 Å². The molecule has 0 aliphatic heterocycles. The molecule has 2 aromatic rings. The number of halogens is 1. The molecule has 0 saturated heterocycles. The molecule has 1 amide bonds. The number of carbonyl (C=O) groups is 1. The predicted molar refractivity (Wildman–Crippen MR) is 107 cm³/mol. The van der Waals surface area contributed by atoms with E-state index in [1.54, 1.807) is 13.8 Å². The number of benzene rings is 1. The maximum atomic E-state index is 12.6. The summed E-state index contributed by atoms with van der Waals surface area (Å²) in [4.78, 5) is 24.2. The Bertz CT molecular complexity index is 969. The lowest BCUT2D eigenvalue weighted by Crippen LogP contribution is -2.34. The molecule has 0 spiro atoms. The first kappa shape index (κ1) is 21.3. The van der Waals surface area contributed by atoms with Gasteiger partial charge in [0.05, 0.1) is 4.90 Å². The van der Waals surface area contributed by atoms with Crippen molar-refractivity contribution >= 4 is 31.9 Å². The molecule has 7 nitrogen and oxygen atoms in total. The summed E-state index contributed by atoms with van der Waals surface area (Å²) >= 11 is 3.36. The molecule has 1 aromatic carbocycles. The fraction of sp³-hybridized carbons (Fsp3) is 0.333. The van der Waals surface area contributed by atoms with Crippen molar-refractivity contribution < 1.29 is 13.2 Å². The van der Waals surface area contributed by atoms with Crippen molar-refractivity contribution in [1.82, 2.24) is 14.2 Å². The molecule has 0 atom stereocenters. The number of hydrogen-bond donors (Lipinski definition) is 1. The molecule has 1 N–H and O–H groups in total. The SMILES string of the molecule is CCN(CC)S(=O)(=O)c1ccc(=O)n(CC(=O)NCc2cccc(Br)c2)c1. The van der Waals surface area contributed by atoms with E-state index in [0.29, 0.717) is 19.6 Å². The highest BCUT2D eigenvalue weighted by Gasteiger charge is 2.22. The van der Waals surface area contributed by atoms with Gasteiger partial charge in [-0.2, -0.15) is 4.31 Å². The van der Waals surface area contributed by atoms with Gasteiger partial charge in [-0.25, -0.2) is 8.42 Å². The number of carbonyl (C=O) groups excluding carboxylic acids is 1. The van der Waals surface area contributed by atoms with E-state index in [1.165, 1.54) is 16.6 Å². The number of hydrogen-bond acceptors (Lipinski definition) is 4. The topological polar surface area (TPSA) is 88.5 Å². The average molecular weight is 456 g/mol. The number of aromatic nitrogens is 1. The highest BCUT2D eigenvalue weighted by atomic mass is 79.9. The van der Waals surface area contributed by atoms with Crippen LogP contribution in [0.5, 0.6) is 0 Å². The van der Waals surface area contributed by atoms with Crippen molar-refractivity contribution in [2.75, 3.05) is 13.1 Å². The molecule has 0 aliphatic carbocycles. The monoisotopic (exact) mass is 455 g/mol. The fourth-order valence-corrected chi connectivity index (χ4v) is 4.48. The van der Waals surface area contributed by atoms with E-state index in [1.807, 2.05) is 24.3 Å². The highest BCUT2D eigenvalue weighted by Crippen LogP contribution is 2.14. The summed E-state index contributed by atoms with van der Waals surface area (Å²) in [6, 6.07) is 9.92. The number of amides is 1. The molecule has 0 radical (unpaired) electrons. The number of nitrogens with one attached hydrogen (secondary N) is 1. The van der Waals surface area contributed by atoms with Crippen LogP contribution in [0.3, 0.4) is 0 Å². The van der Waals surface area contributed by atoms with Crippen LogP contribution in [0.25, 0.3) is 0 Å². The molecule has 2 rings (SSSR count). The van der Waals surface area contributed by atoms with Gasteiger partial charge in [-0.1, -0.05) is 41.9 Å². The molecule has 27 heavy (non-hydrogen) atoms. The van der Waals surface area contributed by atoms with Crippen LogP contribution < -0.4 is 10.9 Å². The Hall–Kier alpha value is -1.97. The zero-order valence-corrected chi connectivity index (χ0v) is 17.6. The molecule has 0 fully saturated rings. The average Bonchev–Trinajstić information content (AvgIpc) is 2.62. The fourth-order valence-electron chi connectivity index (χ4n) is 2.56. The van der Waals surface area contributed by atoms with Gasteiger partial charge in [0.2, 0.25) is 15.9 Å². The van der Waals surface area contributed by atoms with Crippen molar-refractivity contribution in [3.63, 3.8) is 0 Å². The van der Waals surface area contributed by atoms with E-state index >= 15 is 0 Å². The van der Waals surface area contributed by atoms with Crippen LogP contribution >= 0.6 is 15.9 Å². The Kier molecular flexibility index (Phi) is 7.34. The standard InChI is InChI=1S/C18H22BrN3O4S/c1-3-22(4-2)27(25,26)16-8-9-18(24)21(12-16)13-17(23)20-11-14-6-5-7-15(19)10-14/h5-10,12H,3-4,11,13H2,1-2H3,(H,20,23). The Morgan fingerprint density at radius 1 is 1.19 bits per heavy atom. The van der Waals surface area contributed by atoms with Crippen molar-refractivity contribution in [2.45, 2.75) is 31.8 Å². The van der Waals surface area contributed by atoms with Gasteiger partial charge in [0, 0.05) is 36.4 Å². The van der Waals surface area contributed by atoms with Gasteiger partial charge in [0.1, 0.15) is 6.54 Å². The zero-order chi connectivity index (χ0) is 20.0. The molecule has 0 aliphatic rings. The van der Waals surface area contributed by atoms with Gasteiger partial charge < -0.3 is 9.88 Å². The van der Waals surface area contributed by atoms with Crippen molar-refractivity contribution in [2.24, 2.45) is 0 Å². The summed E-state index contributed by atoms with van der Waals surface area (Å²) in [6.45, 7) is 4.19. The minimum Gasteiger partial charge on any atom is -0.350 e. The number of sulfonamides is 1. The van der Waals surface area contributed by atoms with Crippen LogP contribution in [0, 0.1) is 0 Å². The first-order valence-electron chi connectivity index (χ1n) is 8.49. The Morgan fingerprint density at radius 2 is 1.89 bits per heavy atom. The third kappa shape index (κ3) is 5.50. The normalized spacial score (nSPS) is 11.6. The van der Waals surface area contributed by atoms with Gasteiger partial charge in [-0.15, -0.1) is 0 Å². The van der Waals surface area contributed by atoms with E-state index in [9.17, 15) is 18.0 Å². The van der Waals surface area contributed by atoms with Crippen LogP contribution in [0.1, 0.15) is 19.4 Å². The highest BCUT2D eigenvalue weighted by molar-refractivity contribution is 9.10. The van der Waals surface area contributed by atoms with E-state index in [2.05, 4.69) is 21.2 Å². The maximum Gasteiger partial charge on any atom is 0.251 e. The molecule has 1 aromatic heterocycles. The third-order valence-corrected chi connectivity index (χ3v) is 6.52. The smallest absolute Gasteiger partial charge is 0.251 e. The van der Waals surface area contributed by atoms with Crippen molar-refractivity contribution in [3.8, 4) is 0 Å². The van der Waals surface area contributed by atoms with Crippen LogP contribution in [0.4, 0.5) is 0 Å². The van der Waals surface area contributed by atoms with Crippen LogP contribution in [0.2, 0.25) is 0 Å². The molecular formula is C18H22BrN3O4S. The predicted octanol–water partition coefficient (Wildman–Crippen LogP) is 1.96. The second-order valence-corrected chi connectivity index (χ2v) is 8.68. The van der Waals surface area contributed by atoms with Crippen LogP contribution in [-0.4, -0.2) is 36.3 Å². The van der Waals surface area contributed by atoms with E-state index in [4.69, 9.17) is 0 Å². The molecule has 1 heterocycles. The largest absolute Gasteiger partial charge is 0.350 e. The Labute approximate surface area is 167 Å². The molecule has 0 bridgehead atoms. The van der Waals surface area contributed by atoms with E-state index in [-0.39, 0.29) is 17.3 Å². The lowest BCUT2D eigenvalue weighted by molar-refractivity contribution is -0.121. The van der Waals surface area contributed by atoms with Gasteiger partial charge in [0.15, 0.2) is 0 Å². The third-order valence-electron chi connectivity index (χ3n) is 3.99. The number of nitrogens with zero attached hydrogens (tertiary/aromatic N) is 2. The van der Waals surface area contributed by atoms with Crippen LogP contribution in [0.15, 0.2) is 56.8 Å². The first-order valence-corrected chi connectivity index (χ1v) is 10.7. The van der Waals surface area contributed by atoms with Crippen molar-refractivity contribution in [1.29, 1.82) is 0 Å². The summed E-state index contributed by atoms with van der Waals surface area (Å²) in [5.41, 5.74) is 0.467. The zero-order valence-electron chi connectivity index (χ0n) is 15.2. The molecule has 0 saturated carbocycles. The van der Waals surface area contributed by atoms with Gasteiger partial charge in [-0.05, 0) is 23.8 Å². The van der Waals surface area contributed by atoms with E-state index in [0.717, 1.165) is 20.7 Å². The molecule has 0 unspecified atom stereocenters. The van der Waals surface area contributed by atoms with Crippen molar-refractivity contribution in [3.05, 3.63) is 63.0 Å². The Morgan fingerprint density at radius 3 is 2.52 bits per heavy atom. The van der Waals surface area contributed by atoms with Gasteiger partial charge in [-0.3, -0.25) is 9.59 Å². The molecule has 146 valence electrons. The summed E-state index contributed by atoms with van der Waals surface area (Å²) < 4.78 is 28.5. The second kappa shape index (κ2) is 9.29. The second-order valence-electron chi connectivity index (χ2n) is 5.83. The van der Waals surface area contributed by atoms with Crippen LogP contribution in [-0.2, 0) is 27.9 Å². The quantitative estimate of drug-likeness (QED) is 0.658. The summed E-state index contributed by atoms with van der Waals surface area (Å²) in [5.74, 6) is -0.380. The minimum atomic E-state index is -3.70. The maximum absolute atomic E-state index is 12.6. The molecule has 9 heteroatoms.